The average molecular weight is 485 g/mol. The van der Waals surface area contributed by atoms with Crippen molar-refractivity contribution >= 4 is 40.6 Å². The summed E-state index contributed by atoms with van der Waals surface area (Å²) in [6.07, 6.45) is -2.45. The van der Waals surface area contributed by atoms with Crippen LogP contribution in [-0.4, -0.2) is 45.3 Å². The van der Waals surface area contributed by atoms with Gasteiger partial charge in [0.25, 0.3) is 0 Å². The van der Waals surface area contributed by atoms with Crippen LogP contribution in [0.5, 0.6) is 5.88 Å². The number of urea groups is 1. The minimum atomic E-state index is -4.71. The van der Waals surface area contributed by atoms with Gasteiger partial charge in [-0.25, -0.2) is 24.1 Å². The Morgan fingerprint density at radius 1 is 1.27 bits per heavy atom. The summed E-state index contributed by atoms with van der Waals surface area (Å²) in [5.74, 6) is 1.13. The number of fused-ring (bicyclic) bond motifs is 1. The van der Waals surface area contributed by atoms with Crippen molar-refractivity contribution in [1.29, 1.82) is 0 Å². The van der Waals surface area contributed by atoms with Crippen LogP contribution in [-0.2, 0) is 15.7 Å². The van der Waals surface area contributed by atoms with Crippen molar-refractivity contribution in [3.05, 3.63) is 47.0 Å². The van der Waals surface area contributed by atoms with Gasteiger partial charge in [0, 0.05) is 25.4 Å². The zero-order valence-electron chi connectivity index (χ0n) is 17.1. The SMILES string of the molecule is COC(C)c1c(NC(=O)Nc2cc(C(F)(F)F)cnc2OCC=C=O)cnc2cc(Cl)nn12. The highest BCUT2D eigenvalue weighted by molar-refractivity contribution is 6.29. The van der Waals surface area contributed by atoms with E-state index in [0.717, 1.165) is 6.08 Å². The summed E-state index contributed by atoms with van der Waals surface area (Å²) < 4.78 is 51.2. The molecular formula is C19H16ClF3N6O4. The monoisotopic (exact) mass is 484 g/mol. The van der Waals surface area contributed by atoms with Crippen LogP contribution < -0.4 is 15.4 Å². The number of halogens is 4. The second-order valence-electron chi connectivity index (χ2n) is 6.46. The third-order valence-electron chi connectivity index (χ3n) is 4.29. The number of methoxy groups -OCH3 is 1. The molecule has 0 aliphatic heterocycles. The van der Waals surface area contributed by atoms with Gasteiger partial charge in [-0.2, -0.15) is 18.3 Å². The quantitative estimate of drug-likeness (QED) is 0.488. The van der Waals surface area contributed by atoms with E-state index in [1.165, 1.54) is 29.8 Å². The molecule has 1 unspecified atom stereocenters. The summed E-state index contributed by atoms with van der Waals surface area (Å²) in [7, 11) is 1.44. The Bertz CT molecular complexity index is 1230. The minimum Gasteiger partial charge on any atom is -0.471 e. The molecule has 0 saturated heterocycles. The van der Waals surface area contributed by atoms with Crippen LogP contribution in [0, 0.1) is 0 Å². The fraction of sp³-hybridized carbons (Fsp3) is 0.263. The molecule has 0 aliphatic rings. The first-order chi connectivity index (χ1) is 15.6. The molecule has 3 aromatic rings. The van der Waals surface area contributed by atoms with Crippen molar-refractivity contribution in [2.45, 2.75) is 19.2 Å². The third-order valence-corrected chi connectivity index (χ3v) is 4.48. The number of hydrogen-bond acceptors (Lipinski definition) is 7. The minimum absolute atomic E-state index is 0.162. The second-order valence-corrected chi connectivity index (χ2v) is 6.85. The molecule has 3 rings (SSSR count). The van der Waals surface area contributed by atoms with Gasteiger partial charge in [0.2, 0.25) is 5.88 Å². The number of nitrogens with zero attached hydrogens (tertiary/aromatic N) is 4. The van der Waals surface area contributed by atoms with Gasteiger partial charge in [-0.1, -0.05) is 11.6 Å². The van der Waals surface area contributed by atoms with Crippen molar-refractivity contribution in [1.82, 2.24) is 19.6 Å². The largest absolute Gasteiger partial charge is 0.471 e. The van der Waals surface area contributed by atoms with Crippen LogP contribution in [0.3, 0.4) is 0 Å². The number of rotatable bonds is 7. The molecule has 33 heavy (non-hydrogen) atoms. The van der Waals surface area contributed by atoms with E-state index < -0.39 is 23.9 Å². The van der Waals surface area contributed by atoms with Gasteiger partial charge < -0.3 is 20.1 Å². The van der Waals surface area contributed by atoms with E-state index >= 15 is 0 Å². The normalized spacial score (nSPS) is 12.2. The number of ether oxygens (including phenoxy) is 2. The summed E-state index contributed by atoms with van der Waals surface area (Å²) in [4.78, 5) is 30.7. The molecule has 10 nitrogen and oxygen atoms in total. The number of alkyl halides is 3. The van der Waals surface area contributed by atoms with Gasteiger partial charge in [0.05, 0.1) is 29.2 Å². The Morgan fingerprint density at radius 2 is 2.00 bits per heavy atom. The topological polar surface area (TPSA) is 120 Å². The third kappa shape index (κ3) is 5.58. The van der Waals surface area contributed by atoms with Crippen LogP contribution in [0.2, 0.25) is 5.15 Å². The number of anilines is 2. The molecule has 2 N–H and O–H groups in total. The maximum Gasteiger partial charge on any atom is 0.417 e. The first kappa shape index (κ1) is 24.0. The number of carbonyl (C=O) groups excluding carboxylic acids is 2. The number of aromatic nitrogens is 4. The maximum absolute atomic E-state index is 13.1. The van der Waals surface area contributed by atoms with Crippen molar-refractivity contribution in [3.8, 4) is 5.88 Å². The van der Waals surface area contributed by atoms with E-state index in [4.69, 9.17) is 21.1 Å². The van der Waals surface area contributed by atoms with Crippen LogP contribution in [0.15, 0.2) is 30.6 Å². The van der Waals surface area contributed by atoms with Gasteiger partial charge in [-0.3, -0.25) is 0 Å². The van der Waals surface area contributed by atoms with Gasteiger partial charge in [-0.05, 0) is 13.0 Å². The van der Waals surface area contributed by atoms with Gasteiger partial charge >= 0.3 is 12.2 Å². The number of hydrogen-bond donors (Lipinski definition) is 2. The Labute approximate surface area is 189 Å². The predicted molar refractivity (Wildman–Crippen MR) is 111 cm³/mol. The van der Waals surface area contributed by atoms with Crippen LogP contribution >= 0.6 is 11.6 Å². The summed E-state index contributed by atoms with van der Waals surface area (Å²) in [5, 5.41) is 9.03. The van der Waals surface area contributed by atoms with E-state index in [1.807, 2.05) is 0 Å². The highest BCUT2D eigenvalue weighted by Gasteiger charge is 2.32. The molecular weight excluding hydrogens is 469 g/mol. The molecule has 0 bridgehead atoms. The summed E-state index contributed by atoms with van der Waals surface area (Å²) in [6, 6.07) is 1.24. The van der Waals surface area contributed by atoms with Crippen molar-refractivity contribution in [3.63, 3.8) is 0 Å². The fourth-order valence-corrected chi connectivity index (χ4v) is 2.94. The molecule has 0 saturated carbocycles. The summed E-state index contributed by atoms with van der Waals surface area (Å²) in [5.41, 5.74) is -0.538. The lowest BCUT2D eigenvalue weighted by Gasteiger charge is -2.18. The van der Waals surface area contributed by atoms with Gasteiger partial charge in [0.1, 0.15) is 18.2 Å². The predicted octanol–water partition coefficient (Wildman–Crippen LogP) is 3.91. The first-order valence-electron chi connectivity index (χ1n) is 9.18. The van der Waals surface area contributed by atoms with E-state index in [-0.39, 0.29) is 29.0 Å². The smallest absolute Gasteiger partial charge is 0.417 e. The Morgan fingerprint density at radius 3 is 2.67 bits per heavy atom. The van der Waals surface area contributed by atoms with E-state index in [9.17, 15) is 22.8 Å². The van der Waals surface area contributed by atoms with Gasteiger partial charge in [0.15, 0.2) is 10.8 Å². The first-order valence-corrected chi connectivity index (χ1v) is 9.56. The van der Waals surface area contributed by atoms with Crippen molar-refractivity contribution in [2.24, 2.45) is 0 Å². The number of carbonyl (C=O) groups is 1. The molecule has 0 fully saturated rings. The molecule has 0 aromatic carbocycles. The zero-order chi connectivity index (χ0) is 24.2. The Hall–Kier alpha value is -3.67. The van der Waals surface area contributed by atoms with E-state index in [2.05, 4.69) is 25.7 Å². The Balaban J connectivity index is 1.92. The highest BCUT2D eigenvalue weighted by atomic mass is 35.5. The van der Waals surface area contributed by atoms with E-state index in [0.29, 0.717) is 23.6 Å². The number of nitrogens with one attached hydrogen (secondary N) is 2. The number of amides is 2. The van der Waals surface area contributed by atoms with Crippen LogP contribution in [0.25, 0.3) is 5.65 Å². The summed E-state index contributed by atoms with van der Waals surface area (Å²) >= 11 is 5.94. The molecule has 0 aliphatic carbocycles. The molecule has 0 radical (unpaired) electrons. The molecule has 1 atom stereocenters. The zero-order valence-corrected chi connectivity index (χ0v) is 17.9. The fourth-order valence-electron chi connectivity index (χ4n) is 2.76. The lowest BCUT2D eigenvalue weighted by Crippen LogP contribution is -2.23. The Kier molecular flexibility index (Phi) is 7.16. The van der Waals surface area contributed by atoms with Crippen LogP contribution in [0.4, 0.5) is 29.3 Å². The molecule has 2 amide bonds. The molecule has 0 spiro atoms. The van der Waals surface area contributed by atoms with Crippen molar-refractivity contribution in [2.75, 3.05) is 24.4 Å². The molecule has 3 heterocycles. The lowest BCUT2D eigenvalue weighted by molar-refractivity contribution is -0.137. The number of pyridine rings is 1. The average Bonchev–Trinajstić information content (AvgIpc) is 3.13. The molecule has 3 aromatic heterocycles. The molecule has 14 heteroatoms. The maximum atomic E-state index is 13.1. The standard InChI is InChI=1S/C19H16ClF3N6O4/c1-10(32-2)16-13(9-24-15-7-14(20)28-29(15)16)27-18(31)26-12-6-11(19(21,22)23)8-25-17(12)33-5-3-4-30/h3,6-10H,5H2,1-2H3,(H2,26,27,31). The van der Waals surface area contributed by atoms with Crippen LogP contribution in [0.1, 0.15) is 24.3 Å². The molecule has 174 valence electrons. The second kappa shape index (κ2) is 9.86. The van der Waals surface area contributed by atoms with Crippen molar-refractivity contribution < 1.29 is 32.2 Å². The highest BCUT2D eigenvalue weighted by Crippen LogP contribution is 2.34. The lowest BCUT2D eigenvalue weighted by atomic mass is 10.2. The van der Waals surface area contributed by atoms with E-state index in [1.54, 1.807) is 6.92 Å². The summed E-state index contributed by atoms with van der Waals surface area (Å²) in [6.45, 7) is 1.38. The van der Waals surface area contributed by atoms with Gasteiger partial charge in [-0.15, -0.1) is 0 Å².